The van der Waals surface area contributed by atoms with Gasteiger partial charge in [0.05, 0.1) is 11.1 Å². The van der Waals surface area contributed by atoms with Gasteiger partial charge in [0.15, 0.2) is 0 Å². The Morgan fingerprint density at radius 3 is 2.22 bits per heavy atom. The number of nitrogens with one attached hydrogen (secondary N) is 1. The number of ether oxygens (including phenoxy) is 1. The van der Waals surface area contributed by atoms with Gasteiger partial charge in [-0.15, -0.1) is 0 Å². The molecular formula is C26H27BrN2O3. The molecule has 0 bridgehead atoms. The van der Waals surface area contributed by atoms with Gasteiger partial charge < -0.3 is 15.0 Å². The second-order valence-electron chi connectivity index (χ2n) is 7.77. The van der Waals surface area contributed by atoms with E-state index in [1.165, 1.54) is 0 Å². The standard InChI is InChI=1S/C26H27BrN2O3/c1-4-29(22-8-6-5-7-9-22)26(31)19-10-13-21(14-11-19)28-25(30)20-12-15-24(23(27)16-20)32-17-18(2)3/h5-16,18H,4,17H2,1-3H3,(H,28,30). The van der Waals surface area contributed by atoms with Gasteiger partial charge in [0.25, 0.3) is 11.8 Å². The Morgan fingerprint density at radius 1 is 0.969 bits per heavy atom. The minimum absolute atomic E-state index is 0.0857. The number of amides is 2. The van der Waals surface area contributed by atoms with Crippen molar-refractivity contribution in [2.45, 2.75) is 20.8 Å². The van der Waals surface area contributed by atoms with Gasteiger partial charge in [-0.25, -0.2) is 0 Å². The molecule has 6 heteroatoms. The number of hydrogen-bond donors (Lipinski definition) is 1. The molecule has 0 heterocycles. The summed E-state index contributed by atoms with van der Waals surface area (Å²) in [5, 5.41) is 2.87. The Morgan fingerprint density at radius 2 is 1.62 bits per heavy atom. The van der Waals surface area contributed by atoms with E-state index in [1.54, 1.807) is 47.4 Å². The van der Waals surface area contributed by atoms with Crippen LogP contribution in [0.1, 0.15) is 41.5 Å². The average molecular weight is 495 g/mol. The largest absolute Gasteiger partial charge is 0.492 e. The molecule has 0 saturated carbocycles. The molecule has 0 radical (unpaired) electrons. The third kappa shape index (κ3) is 5.98. The minimum Gasteiger partial charge on any atom is -0.492 e. The number of halogens is 1. The predicted molar refractivity (Wildman–Crippen MR) is 133 cm³/mol. The second-order valence-corrected chi connectivity index (χ2v) is 8.62. The van der Waals surface area contributed by atoms with Crippen LogP contribution in [0.15, 0.2) is 77.3 Å². The van der Waals surface area contributed by atoms with Crippen LogP contribution in [0.2, 0.25) is 0 Å². The van der Waals surface area contributed by atoms with Gasteiger partial charge in [-0.05, 0) is 83.4 Å². The van der Waals surface area contributed by atoms with Gasteiger partial charge in [-0.2, -0.15) is 0 Å². The zero-order valence-corrected chi connectivity index (χ0v) is 20.1. The Bertz CT molecular complexity index is 1070. The van der Waals surface area contributed by atoms with Crippen LogP contribution in [0.25, 0.3) is 0 Å². The lowest BCUT2D eigenvalue weighted by Crippen LogP contribution is -2.30. The molecule has 0 fully saturated rings. The monoisotopic (exact) mass is 494 g/mol. The van der Waals surface area contributed by atoms with Gasteiger partial charge in [0, 0.05) is 29.0 Å². The highest BCUT2D eigenvalue weighted by atomic mass is 79.9. The van der Waals surface area contributed by atoms with Crippen LogP contribution in [0, 0.1) is 5.92 Å². The number of rotatable bonds is 8. The first-order chi connectivity index (χ1) is 15.4. The normalized spacial score (nSPS) is 10.7. The number of benzene rings is 3. The molecule has 1 N–H and O–H groups in total. The quantitative estimate of drug-likeness (QED) is 0.393. The first-order valence-corrected chi connectivity index (χ1v) is 11.4. The SMILES string of the molecule is CCN(C(=O)c1ccc(NC(=O)c2ccc(OCC(C)C)c(Br)c2)cc1)c1ccccc1. The van der Waals surface area contributed by atoms with Crippen molar-refractivity contribution < 1.29 is 14.3 Å². The zero-order valence-electron chi connectivity index (χ0n) is 18.5. The van der Waals surface area contributed by atoms with E-state index in [1.807, 2.05) is 37.3 Å². The molecule has 0 aliphatic carbocycles. The molecule has 3 rings (SSSR count). The van der Waals surface area contributed by atoms with Gasteiger partial charge in [0.2, 0.25) is 0 Å². The van der Waals surface area contributed by atoms with Crippen molar-refractivity contribution in [3.63, 3.8) is 0 Å². The fourth-order valence-electron chi connectivity index (χ4n) is 3.12. The van der Waals surface area contributed by atoms with Gasteiger partial charge in [-0.3, -0.25) is 9.59 Å². The maximum absolute atomic E-state index is 12.9. The van der Waals surface area contributed by atoms with Crippen molar-refractivity contribution in [2.24, 2.45) is 5.92 Å². The van der Waals surface area contributed by atoms with Gasteiger partial charge in [0.1, 0.15) is 5.75 Å². The predicted octanol–water partition coefficient (Wildman–Crippen LogP) is 6.40. The lowest BCUT2D eigenvalue weighted by molar-refractivity contribution is 0.0987. The summed E-state index contributed by atoms with van der Waals surface area (Å²) in [5.41, 5.74) is 2.53. The van der Waals surface area contributed by atoms with Crippen molar-refractivity contribution in [3.05, 3.63) is 88.4 Å². The molecule has 3 aromatic rings. The van der Waals surface area contributed by atoms with Crippen molar-refractivity contribution in [3.8, 4) is 5.75 Å². The maximum atomic E-state index is 12.9. The third-order valence-corrected chi connectivity index (χ3v) is 5.40. The summed E-state index contributed by atoms with van der Waals surface area (Å²) in [6.07, 6.45) is 0. The Balaban J connectivity index is 1.67. The summed E-state index contributed by atoms with van der Waals surface area (Å²) in [4.78, 5) is 27.3. The van der Waals surface area contributed by atoms with Crippen LogP contribution < -0.4 is 15.0 Å². The number of carbonyl (C=O) groups is 2. The Hall–Kier alpha value is -3.12. The van der Waals surface area contributed by atoms with Crippen molar-refractivity contribution in [1.29, 1.82) is 0 Å². The molecule has 0 aliphatic heterocycles. The molecular weight excluding hydrogens is 468 g/mol. The molecule has 32 heavy (non-hydrogen) atoms. The molecule has 5 nitrogen and oxygen atoms in total. The summed E-state index contributed by atoms with van der Waals surface area (Å²) in [7, 11) is 0. The van der Waals surface area contributed by atoms with E-state index in [2.05, 4.69) is 35.1 Å². The molecule has 0 atom stereocenters. The maximum Gasteiger partial charge on any atom is 0.258 e. The van der Waals surface area contributed by atoms with E-state index in [0.717, 1.165) is 10.2 Å². The highest BCUT2D eigenvalue weighted by molar-refractivity contribution is 9.10. The van der Waals surface area contributed by atoms with Crippen molar-refractivity contribution in [1.82, 2.24) is 0 Å². The van der Waals surface area contributed by atoms with Crippen LogP contribution in [0.3, 0.4) is 0 Å². The van der Waals surface area contributed by atoms with Crippen molar-refractivity contribution in [2.75, 3.05) is 23.4 Å². The van der Waals surface area contributed by atoms with Gasteiger partial charge >= 0.3 is 0 Å². The van der Waals surface area contributed by atoms with Crippen LogP contribution >= 0.6 is 15.9 Å². The van der Waals surface area contributed by atoms with E-state index in [0.29, 0.717) is 41.6 Å². The summed E-state index contributed by atoms with van der Waals surface area (Å²) in [5.74, 6) is 0.797. The molecule has 0 spiro atoms. The average Bonchev–Trinajstić information content (AvgIpc) is 2.79. The number of hydrogen-bond acceptors (Lipinski definition) is 3. The molecule has 0 aromatic heterocycles. The first-order valence-electron chi connectivity index (χ1n) is 10.6. The Labute approximate surface area is 197 Å². The minimum atomic E-state index is -0.236. The molecule has 2 amide bonds. The molecule has 166 valence electrons. The second kappa shape index (κ2) is 11.0. The molecule has 0 unspecified atom stereocenters. The van der Waals surface area contributed by atoms with Crippen LogP contribution in [-0.4, -0.2) is 25.0 Å². The van der Waals surface area contributed by atoms with E-state index in [4.69, 9.17) is 4.74 Å². The number of carbonyl (C=O) groups excluding carboxylic acids is 2. The summed E-state index contributed by atoms with van der Waals surface area (Å²) >= 11 is 3.47. The molecule has 3 aromatic carbocycles. The third-order valence-electron chi connectivity index (χ3n) is 4.79. The highest BCUT2D eigenvalue weighted by Crippen LogP contribution is 2.27. The van der Waals surface area contributed by atoms with Crippen LogP contribution in [0.5, 0.6) is 5.75 Å². The highest BCUT2D eigenvalue weighted by Gasteiger charge is 2.16. The van der Waals surface area contributed by atoms with E-state index < -0.39 is 0 Å². The zero-order chi connectivity index (χ0) is 23.1. The number of para-hydroxylation sites is 1. The van der Waals surface area contributed by atoms with Crippen LogP contribution in [0.4, 0.5) is 11.4 Å². The fourth-order valence-corrected chi connectivity index (χ4v) is 3.62. The number of nitrogens with zero attached hydrogens (tertiary/aromatic N) is 1. The molecule has 0 aliphatic rings. The lowest BCUT2D eigenvalue weighted by atomic mass is 10.1. The first kappa shape index (κ1) is 23.5. The Kier molecular flexibility index (Phi) is 8.06. The van der Waals surface area contributed by atoms with E-state index >= 15 is 0 Å². The summed E-state index contributed by atoms with van der Waals surface area (Å²) in [6, 6.07) is 21.7. The fraction of sp³-hybridized carbons (Fsp3) is 0.231. The smallest absolute Gasteiger partial charge is 0.258 e. The topological polar surface area (TPSA) is 58.6 Å². The summed E-state index contributed by atoms with van der Waals surface area (Å²) in [6.45, 7) is 7.27. The number of anilines is 2. The van der Waals surface area contributed by atoms with E-state index in [-0.39, 0.29) is 11.8 Å². The van der Waals surface area contributed by atoms with Gasteiger partial charge in [-0.1, -0.05) is 32.0 Å². The lowest BCUT2D eigenvalue weighted by Gasteiger charge is -2.21. The van der Waals surface area contributed by atoms with E-state index in [9.17, 15) is 9.59 Å². The van der Waals surface area contributed by atoms with Crippen LogP contribution in [-0.2, 0) is 0 Å². The summed E-state index contributed by atoms with van der Waals surface area (Å²) < 4.78 is 6.46. The molecule has 0 saturated heterocycles. The van der Waals surface area contributed by atoms with Crippen molar-refractivity contribution >= 4 is 39.1 Å².